The molecule has 0 fully saturated rings. The first-order chi connectivity index (χ1) is 8.93. The third-order valence-corrected chi connectivity index (χ3v) is 3.67. The maximum atomic E-state index is 11.9. The number of rotatable bonds is 11. The van der Waals surface area contributed by atoms with Crippen LogP contribution in [0, 0.1) is 0 Å². The van der Waals surface area contributed by atoms with Crippen molar-refractivity contribution in [3.63, 3.8) is 0 Å². The number of unbranched alkanes of at least 4 members (excludes halogenated alkanes) is 4. The van der Waals surface area contributed by atoms with Gasteiger partial charge < -0.3 is 14.5 Å². The van der Waals surface area contributed by atoms with Crippen LogP contribution < -0.4 is 0 Å². The topological polar surface area (TPSA) is 40.5 Å². The van der Waals surface area contributed by atoms with Crippen LogP contribution in [0.25, 0.3) is 0 Å². The molecular formula is C15H33N2O2+. The number of carbonyl (C=O) groups is 1. The number of carbonyl (C=O) groups excluding carboxylic acids is 1. The van der Waals surface area contributed by atoms with Gasteiger partial charge in [-0.3, -0.25) is 4.79 Å². The van der Waals surface area contributed by atoms with Crippen molar-refractivity contribution >= 4 is 5.91 Å². The number of hydrogen-bond acceptors (Lipinski definition) is 2. The molecule has 0 radical (unpaired) electrons. The molecule has 0 saturated heterocycles. The van der Waals surface area contributed by atoms with Crippen molar-refractivity contribution in [2.24, 2.45) is 0 Å². The van der Waals surface area contributed by atoms with Gasteiger partial charge in [-0.25, -0.2) is 0 Å². The molecule has 0 aliphatic rings. The molecule has 0 aromatic carbocycles. The molecule has 4 nitrogen and oxygen atoms in total. The van der Waals surface area contributed by atoms with Gasteiger partial charge in [-0.05, 0) is 6.42 Å². The monoisotopic (exact) mass is 273 g/mol. The van der Waals surface area contributed by atoms with Gasteiger partial charge in [0.15, 0.2) is 0 Å². The summed E-state index contributed by atoms with van der Waals surface area (Å²) in [6.07, 6.45) is 6.61. The van der Waals surface area contributed by atoms with Crippen molar-refractivity contribution in [3.05, 3.63) is 0 Å². The molecule has 1 amide bonds. The van der Waals surface area contributed by atoms with E-state index in [9.17, 15) is 4.79 Å². The van der Waals surface area contributed by atoms with Gasteiger partial charge in [0.1, 0.15) is 6.54 Å². The Morgan fingerprint density at radius 2 is 1.74 bits per heavy atom. The fourth-order valence-electron chi connectivity index (χ4n) is 2.00. The number of nitrogens with zero attached hydrogens (tertiary/aromatic N) is 2. The molecule has 0 aliphatic carbocycles. The van der Waals surface area contributed by atoms with Crippen molar-refractivity contribution < 1.29 is 14.4 Å². The Hall–Kier alpha value is -0.610. The summed E-state index contributed by atoms with van der Waals surface area (Å²) in [5.74, 6) is 0.250. The lowest BCUT2D eigenvalue weighted by Gasteiger charge is -2.31. The van der Waals surface area contributed by atoms with E-state index in [1.807, 2.05) is 11.9 Å². The Bertz CT molecular complexity index is 242. The van der Waals surface area contributed by atoms with Crippen LogP contribution in [0.15, 0.2) is 0 Å². The van der Waals surface area contributed by atoms with E-state index in [1.54, 1.807) is 0 Å². The summed E-state index contributed by atoms with van der Waals surface area (Å²) in [6.45, 7) is 4.78. The molecule has 0 aromatic rings. The standard InChI is InChI=1S/C15H33N2O2/c1-5-6-7-8-9-10-15(19)16(2)11-12-17(3,4)13-14-18/h18H,5-14H2,1-4H3/q+1. The summed E-state index contributed by atoms with van der Waals surface area (Å²) >= 11 is 0. The second-order valence-corrected chi connectivity index (χ2v) is 6.09. The average molecular weight is 273 g/mol. The summed E-state index contributed by atoms with van der Waals surface area (Å²) in [4.78, 5) is 13.8. The Morgan fingerprint density at radius 1 is 1.11 bits per heavy atom. The molecule has 1 N–H and O–H groups in total. The summed E-state index contributed by atoms with van der Waals surface area (Å²) in [7, 11) is 6.05. The number of likely N-dealkylation sites (N-methyl/N-ethyl adjacent to an activating group) is 2. The number of quaternary nitrogens is 1. The van der Waals surface area contributed by atoms with Crippen molar-refractivity contribution in [1.82, 2.24) is 4.90 Å². The number of aliphatic hydroxyl groups excluding tert-OH is 1. The molecule has 0 aliphatic heterocycles. The smallest absolute Gasteiger partial charge is 0.222 e. The molecule has 0 spiro atoms. The second kappa shape index (κ2) is 10.2. The molecular weight excluding hydrogens is 240 g/mol. The van der Waals surface area contributed by atoms with E-state index in [-0.39, 0.29) is 12.5 Å². The zero-order valence-electron chi connectivity index (χ0n) is 13.3. The lowest BCUT2D eigenvalue weighted by atomic mass is 10.1. The van der Waals surface area contributed by atoms with Crippen molar-refractivity contribution in [2.75, 3.05) is 47.4 Å². The summed E-state index contributed by atoms with van der Waals surface area (Å²) < 4.78 is 0.755. The molecule has 0 atom stereocenters. The van der Waals surface area contributed by atoms with Crippen LogP contribution in [-0.4, -0.2) is 67.8 Å². The van der Waals surface area contributed by atoms with Crippen LogP contribution >= 0.6 is 0 Å². The van der Waals surface area contributed by atoms with Crippen LogP contribution in [-0.2, 0) is 4.79 Å². The fourth-order valence-corrected chi connectivity index (χ4v) is 2.00. The molecule has 0 unspecified atom stereocenters. The fraction of sp³-hybridized carbons (Fsp3) is 0.933. The lowest BCUT2D eigenvalue weighted by molar-refractivity contribution is -0.890. The first-order valence-corrected chi connectivity index (χ1v) is 7.59. The molecule has 0 rings (SSSR count). The van der Waals surface area contributed by atoms with E-state index in [0.29, 0.717) is 6.42 Å². The molecule has 4 heteroatoms. The van der Waals surface area contributed by atoms with E-state index in [2.05, 4.69) is 21.0 Å². The molecule has 0 bridgehead atoms. The highest BCUT2D eigenvalue weighted by atomic mass is 16.3. The predicted molar refractivity (Wildman–Crippen MR) is 79.9 cm³/mol. The van der Waals surface area contributed by atoms with Crippen molar-refractivity contribution in [2.45, 2.75) is 45.4 Å². The molecule has 0 saturated carbocycles. The zero-order valence-corrected chi connectivity index (χ0v) is 13.3. The molecule has 19 heavy (non-hydrogen) atoms. The Kier molecular flexibility index (Phi) is 9.88. The Balaban J connectivity index is 3.75. The first kappa shape index (κ1) is 18.4. The normalized spacial score (nSPS) is 11.6. The number of aliphatic hydroxyl groups is 1. The summed E-state index contributed by atoms with van der Waals surface area (Å²) in [5, 5.41) is 8.97. The lowest BCUT2D eigenvalue weighted by Crippen LogP contribution is -2.47. The van der Waals surface area contributed by atoms with Crippen LogP contribution in [0.1, 0.15) is 45.4 Å². The van der Waals surface area contributed by atoms with Crippen LogP contribution in [0.3, 0.4) is 0 Å². The third kappa shape index (κ3) is 9.91. The second-order valence-electron chi connectivity index (χ2n) is 6.09. The largest absolute Gasteiger partial charge is 0.391 e. The number of hydrogen-bond donors (Lipinski definition) is 1. The summed E-state index contributed by atoms with van der Waals surface area (Å²) in [6, 6.07) is 0. The van der Waals surface area contributed by atoms with Crippen LogP contribution in [0.5, 0.6) is 0 Å². The van der Waals surface area contributed by atoms with E-state index in [0.717, 1.165) is 30.5 Å². The highest BCUT2D eigenvalue weighted by Crippen LogP contribution is 2.06. The third-order valence-electron chi connectivity index (χ3n) is 3.67. The van der Waals surface area contributed by atoms with E-state index >= 15 is 0 Å². The molecule has 0 aromatic heterocycles. The first-order valence-electron chi connectivity index (χ1n) is 7.59. The van der Waals surface area contributed by atoms with Gasteiger partial charge >= 0.3 is 0 Å². The average Bonchev–Trinajstić information content (AvgIpc) is 2.35. The van der Waals surface area contributed by atoms with Gasteiger partial charge in [0.25, 0.3) is 0 Å². The van der Waals surface area contributed by atoms with Crippen molar-refractivity contribution in [3.8, 4) is 0 Å². The van der Waals surface area contributed by atoms with Gasteiger partial charge in [-0.2, -0.15) is 0 Å². The quantitative estimate of drug-likeness (QED) is 0.461. The SMILES string of the molecule is CCCCCCCC(=O)N(C)CC[N+](C)(C)CCO. The van der Waals surface area contributed by atoms with Gasteiger partial charge in [-0.15, -0.1) is 0 Å². The van der Waals surface area contributed by atoms with Gasteiger partial charge in [0, 0.05) is 13.5 Å². The van der Waals surface area contributed by atoms with Gasteiger partial charge in [0.05, 0.1) is 33.8 Å². The maximum absolute atomic E-state index is 11.9. The highest BCUT2D eigenvalue weighted by Gasteiger charge is 2.16. The minimum atomic E-state index is 0.197. The maximum Gasteiger partial charge on any atom is 0.222 e. The van der Waals surface area contributed by atoms with Crippen LogP contribution in [0.2, 0.25) is 0 Å². The van der Waals surface area contributed by atoms with E-state index < -0.39 is 0 Å². The Labute approximate surface area is 119 Å². The minimum Gasteiger partial charge on any atom is -0.391 e. The zero-order chi connectivity index (χ0) is 14.7. The molecule has 0 heterocycles. The molecule has 114 valence electrons. The minimum absolute atomic E-state index is 0.197. The van der Waals surface area contributed by atoms with Gasteiger partial charge in [0.2, 0.25) is 5.91 Å². The van der Waals surface area contributed by atoms with Gasteiger partial charge in [-0.1, -0.05) is 32.6 Å². The van der Waals surface area contributed by atoms with E-state index in [1.165, 1.54) is 25.7 Å². The number of amides is 1. The highest BCUT2D eigenvalue weighted by molar-refractivity contribution is 5.75. The Morgan fingerprint density at radius 3 is 2.32 bits per heavy atom. The van der Waals surface area contributed by atoms with Crippen molar-refractivity contribution in [1.29, 1.82) is 0 Å². The predicted octanol–water partition coefficient (Wildman–Crippen LogP) is 1.87. The van der Waals surface area contributed by atoms with E-state index in [4.69, 9.17) is 5.11 Å². The van der Waals surface area contributed by atoms with Crippen LogP contribution in [0.4, 0.5) is 0 Å². The summed E-state index contributed by atoms with van der Waals surface area (Å²) in [5.41, 5.74) is 0.